The number of halogens is 3. The number of carbonyl (C=O) groups excluding carboxylic acids is 1. The summed E-state index contributed by atoms with van der Waals surface area (Å²) >= 11 is 0. The minimum Gasteiger partial charge on any atom is -0.492 e. The van der Waals surface area contributed by atoms with Crippen molar-refractivity contribution >= 4 is 5.91 Å². The maximum Gasteiger partial charge on any atom is 0.416 e. The second-order valence-electron chi connectivity index (χ2n) is 6.17. The Kier molecular flexibility index (Phi) is 7.60. The molecule has 9 heteroatoms. The van der Waals surface area contributed by atoms with Crippen LogP contribution in [0.5, 0.6) is 5.75 Å². The van der Waals surface area contributed by atoms with Gasteiger partial charge in [-0.1, -0.05) is 19.4 Å². The third-order valence-corrected chi connectivity index (χ3v) is 3.89. The van der Waals surface area contributed by atoms with E-state index in [1.54, 1.807) is 0 Å². The molecule has 1 N–H and O–H groups in total. The van der Waals surface area contributed by atoms with E-state index in [2.05, 4.69) is 10.3 Å². The molecule has 6 nitrogen and oxygen atoms in total. The van der Waals surface area contributed by atoms with E-state index in [-0.39, 0.29) is 31.0 Å². The van der Waals surface area contributed by atoms with E-state index in [0.717, 1.165) is 25.0 Å². The number of aryl methyl sites for hydroxylation is 1. The van der Waals surface area contributed by atoms with Gasteiger partial charge in [-0.3, -0.25) is 14.2 Å². The number of rotatable bonds is 9. The fourth-order valence-corrected chi connectivity index (χ4v) is 2.41. The molecule has 1 aromatic heterocycles. The summed E-state index contributed by atoms with van der Waals surface area (Å²) < 4.78 is 44.3. The van der Waals surface area contributed by atoms with E-state index in [0.29, 0.717) is 12.1 Å². The van der Waals surface area contributed by atoms with Crippen LogP contribution in [0.1, 0.15) is 31.0 Å². The minimum atomic E-state index is -4.44. The normalized spacial score (nSPS) is 11.3. The molecule has 0 radical (unpaired) electrons. The molecule has 0 saturated heterocycles. The van der Waals surface area contributed by atoms with Crippen LogP contribution in [0.3, 0.4) is 0 Å². The number of hydrogen-bond donors (Lipinski definition) is 1. The molecule has 0 unspecified atom stereocenters. The molecule has 0 saturated carbocycles. The van der Waals surface area contributed by atoms with Crippen LogP contribution in [0.4, 0.5) is 13.2 Å². The van der Waals surface area contributed by atoms with E-state index in [1.165, 1.54) is 29.1 Å². The first-order chi connectivity index (χ1) is 13.3. The van der Waals surface area contributed by atoms with E-state index < -0.39 is 17.6 Å². The number of nitrogens with one attached hydrogen (secondary N) is 1. The van der Waals surface area contributed by atoms with Crippen molar-refractivity contribution in [3.05, 3.63) is 58.3 Å². The maximum atomic E-state index is 12.6. The van der Waals surface area contributed by atoms with Crippen LogP contribution in [-0.2, 0) is 23.9 Å². The smallest absolute Gasteiger partial charge is 0.416 e. The fraction of sp³-hybridized carbons (Fsp3) is 0.421. The third kappa shape index (κ3) is 6.71. The van der Waals surface area contributed by atoms with Gasteiger partial charge in [-0.25, -0.2) is 4.98 Å². The van der Waals surface area contributed by atoms with Crippen LogP contribution in [-0.4, -0.2) is 28.6 Å². The van der Waals surface area contributed by atoms with Crippen molar-refractivity contribution < 1.29 is 22.7 Å². The van der Waals surface area contributed by atoms with Crippen LogP contribution in [0.25, 0.3) is 0 Å². The lowest BCUT2D eigenvalue weighted by Crippen LogP contribution is -2.34. The topological polar surface area (TPSA) is 73.2 Å². The first-order valence-electron chi connectivity index (χ1n) is 8.91. The molecule has 1 amide bonds. The van der Waals surface area contributed by atoms with Crippen molar-refractivity contribution in [1.82, 2.24) is 14.9 Å². The number of carbonyl (C=O) groups is 1. The Balaban J connectivity index is 1.78. The Morgan fingerprint density at radius 2 is 2.07 bits per heavy atom. The van der Waals surface area contributed by atoms with Gasteiger partial charge in [0.25, 0.3) is 5.56 Å². The molecule has 0 atom stereocenters. The standard InChI is InChI=1S/C19H22F3N3O3/c1-2-3-6-15-11-18(27)25(13-24-15)12-17(26)23-8-9-28-16-7-4-5-14(10-16)19(20,21)22/h4-5,7,10-11,13H,2-3,6,8-9,12H2,1H3,(H,23,26). The van der Waals surface area contributed by atoms with Crippen LogP contribution in [0.15, 0.2) is 41.5 Å². The quantitative estimate of drug-likeness (QED) is 0.661. The third-order valence-electron chi connectivity index (χ3n) is 3.89. The molecule has 28 heavy (non-hydrogen) atoms. The zero-order valence-electron chi connectivity index (χ0n) is 15.5. The van der Waals surface area contributed by atoms with E-state index in [9.17, 15) is 22.8 Å². The van der Waals surface area contributed by atoms with Gasteiger partial charge in [0.15, 0.2) is 0 Å². The number of amides is 1. The number of nitrogens with zero attached hydrogens (tertiary/aromatic N) is 2. The summed E-state index contributed by atoms with van der Waals surface area (Å²) in [5.41, 5.74) is -0.419. The van der Waals surface area contributed by atoms with Crippen molar-refractivity contribution in [2.75, 3.05) is 13.2 Å². The first-order valence-corrected chi connectivity index (χ1v) is 8.91. The largest absolute Gasteiger partial charge is 0.492 e. The summed E-state index contributed by atoms with van der Waals surface area (Å²) in [6, 6.07) is 5.92. The summed E-state index contributed by atoms with van der Waals surface area (Å²) in [4.78, 5) is 28.1. The molecule has 0 spiro atoms. The predicted octanol–water partition coefficient (Wildman–Crippen LogP) is 2.80. The molecule has 1 heterocycles. The highest BCUT2D eigenvalue weighted by molar-refractivity contribution is 5.75. The molecule has 0 aliphatic heterocycles. The summed E-state index contributed by atoms with van der Waals surface area (Å²) in [7, 11) is 0. The van der Waals surface area contributed by atoms with Gasteiger partial charge in [0.2, 0.25) is 5.91 Å². The average molecular weight is 397 g/mol. The van der Waals surface area contributed by atoms with Crippen molar-refractivity contribution in [3.63, 3.8) is 0 Å². The number of ether oxygens (including phenoxy) is 1. The van der Waals surface area contributed by atoms with Gasteiger partial charge < -0.3 is 10.1 Å². The molecule has 152 valence electrons. The van der Waals surface area contributed by atoms with Crippen molar-refractivity contribution in [1.29, 1.82) is 0 Å². The predicted molar refractivity (Wildman–Crippen MR) is 97.1 cm³/mol. The first kappa shape index (κ1) is 21.5. The second-order valence-corrected chi connectivity index (χ2v) is 6.17. The maximum absolute atomic E-state index is 12.6. The van der Waals surface area contributed by atoms with Gasteiger partial charge in [-0.15, -0.1) is 0 Å². The number of unbranched alkanes of at least 4 members (excludes halogenated alkanes) is 1. The minimum absolute atomic E-state index is 0.00381. The van der Waals surface area contributed by atoms with Crippen LogP contribution in [0.2, 0.25) is 0 Å². The lowest BCUT2D eigenvalue weighted by molar-refractivity contribution is -0.137. The highest BCUT2D eigenvalue weighted by Gasteiger charge is 2.30. The zero-order valence-corrected chi connectivity index (χ0v) is 15.5. The van der Waals surface area contributed by atoms with Crippen molar-refractivity contribution in [2.45, 2.75) is 38.9 Å². The molecular formula is C19H22F3N3O3. The van der Waals surface area contributed by atoms with E-state index in [4.69, 9.17) is 4.74 Å². The summed E-state index contributed by atoms with van der Waals surface area (Å²) in [5.74, 6) is -0.356. The second kappa shape index (κ2) is 9.91. The molecule has 0 aliphatic rings. The number of benzene rings is 1. The van der Waals surface area contributed by atoms with Gasteiger partial charge >= 0.3 is 6.18 Å². The molecule has 0 bridgehead atoms. The van der Waals surface area contributed by atoms with Gasteiger partial charge in [0.1, 0.15) is 18.9 Å². The lowest BCUT2D eigenvalue weighted by Gasteiger charge is -2.11. The Hall–Kier alpha value is -2.84. The van der Waals surface area contributed by atoms with Crippen LogP contribution >= 0.6 is 0 Å². The average Bonchev–Trinajstić information content (AvgIpc) is 2.65. The van der Waals surface area contributed by atoms with Gasteiger partial charge in [-0.05, 0) is 31.0 Å². The van der Waals surface area contributed by atoms with Gasteiger partial charge in [0.05, 0.1) is 18.4 Å². The van der Waals surface area contributed by atoms with Crippen molar-refractivity contribution in [3.8, 4) is 5.75 Å². The Morgan fingerprint density at radius 1 is 1.29 bits per heavy atom. The Labute approximate surface area is 160 Å². The number of aromatic nitrogens is 2. The summed E-state index contributed by atoms with van der Waals surface area (Å²) in [6.45, 7) is 1.94. The van der Waals surface area contributed by atoms with E-state index in [1.807, 2.05) is 6.92 Å². The highest BCUT2D eigenvalue weighted by atomic mass is 19.4. The van der Waals surface area contributed by atoms with Crippen LogP contribution in [0, 0.1) is 0 Å². The zero-order chi connectivity index (χ0) is 20.6. The number of hydrogen-bond acceptors (Lipinski definition) is 4. The molecule has 1 aromatic carbocycles. The lowest BCUT2D eigenvalue weighted by atomic mass is 10.2. The molecule has 2 rings (SSSR count). The van der Waals surface area contributed by atoms with Gasteiger partial charge in [-0.2, -0.15) is 13.2 Å². The van der Waals surface area contributed by atoms with Crippen molar-refractivity contribution in [2.24, 2.45) is 0 Å². The fourth-order valence-electron chi connectivity index (χ4n) is 2.41. The monoisotopic (exact) mass is 397 g/mol. The summed E-state index contributed by atoms with van der Waals surface area (Å²) in [5, 5.41) is 2.55. The highest BCUT2D eigenvalue weighted by Crippen LogP contribution is 2.31. The number of alkyl halides is 3. The molecule has 2 aromatic rings. The Bertz CT molecular complexity index is 850. The summed E-state index contributed by atoms with van der Waals surface area (Å²) in [6.07, 6.45) is -0.461. The molecule has 0 fully saturated rings. The van der Waals surface area contributed by atoms with E-state index >= 15 is 0 Å². The molecule has 0 aliphatic carbocycles. The SMILES string of the molecule is CCCCc1cc(=O)n(CC(=O)NCCOc2cccc(C(F)(F)F)c2)cn1. The Morgan fingerprint density at radius 3 is 2.75 bits per heavy atom. The molecular weight excluding hydrogens is 375 g/mol. The van der Waals surface area contributed by atoms with Gasteiger partial charge in [0, 0.05) is 11.8 Å². The van der Waals surface area contributed by atoms with Crippen LogP contribution < -0.4 is 15.6 Å².